The lowest BCUT2D eigenvalue weighted by Gasteiger charge is -2.11. The van der Waals surface area contributed by atoms with E-state index in [1.54, 1.807) is 18.2 Å². The highest BCUT2D eigenvalue weighted by atomic mass is 16.5. The van der Waals surface area contributed by atoms with Crippen LogP contribution in [-0.2, 0) is 4.79 Å². The molecule has 2 aromatic rings. The van der Waals surface area contributed by atoms with Crippen molar-refractivity contribution in [1.82, 2.24) is 5.32 Å². The van der Waals surface area contributed by atoms with Crippen LogP contribution in [-0.4, -0.2) is 31.6 Å². The number of carbonyl (C=O) groups excluding carboxylic acids is 2. The van der Waals surface area contributed by atoms with Gasteiger partial charge in [0.15, 0.2) is 6.61 Å². The molecule has 3 N–H and O–H groups in total. The van der Waals surface area contributed by atoms with Crippen LogP contribution >= 0.6 is 0 Å². The summed E-state index contributed by atoms with van der Waals surface area (Å²) in [6.07, 6.45) is 0. The zero-order chi connectivity index (χ0) is 18.2. The van der Waals surface area contributed by atoms with E-state index in [0.717, 1.165) is 16.9 Å². The summed E-state index contributed by atoms with van der Waals surface area (Å²) in [6, 6.07) is 12.7. The third-order valence-electron chi connectivity index (χ3n) is 3.44. The van der Waals surface area contributed by atoms with E-state index in [1.807, 2.05) is 38.1 Å². The maximum absolute atomic E-state index is 11.8. The van der Waals surface area contributed by atoms with Crippen LogP contribution in [0.4, 0.5) is 0 Å². The minimum absolute atomic E-state index is 0.200. The molecule has 0 aliphatic carbocycles. The van der Waals surface area contributed by atoms with Crippen molar-refractivity contribution in [3.63, 3.8) is 0 Å². The summed E-state index contributed by atoms with van der Waals surface area (Å²) < 4.78 is 11.0. The van der Waals surface area contributed by atoms with Crippen molar-refractivity contribution in [2.24, 2.45) is 5.73 Å². The minimum Gasteiger partial charge on any atom is -0.492 e. The Morgan fingerprint density at radius 3 is 2.52 bits per heavy atom. The summed E-state index contributed by atoms with van der Waals surface area (Å²) in [5.41, 5.74) is 7.57. The van der Waals surface area contributed by atoms with E-state index in [-0.39, 0.29) is 18.1 Å². The van der Waals surface area contributed by atoms with E-state index in [2.05, 4.69) is 5.32 Å². The normalized spacial score (nSPS) is 10.2. The highest BCUT2D eigenvalue weighted by Crippen LogP contribution is 2.19. The van der Waals surface area contributed by atoms with Crippen LogP contribution in [0.15, 0.2) is 42.5 Å². The number of benzene rings is 2. The lowest BCUT2D eigenvalue weighted by atomic mass is 10.1. The van der Waals surface area contributed by atoms with Gasteiger partial charge in [0.1, 0.15) is 18.1 Å². The summed E-state index contributed by atoms with van der Waals surface area (Å²) in [5, 5.41) is 2.70. The molecule has 0 radical (unpaired) electrons. The molecule has 0 bridgehead atoms. The zero-order valence-electron chi connectivity index (χ0n) is 14.4. The largest absolute Gasteiger partial charge is 0.492 e. The van der Waals surface area contributed by atoms with Crippen LogP contribution in [0.5, 0.6) is 11.5 Å². The molecule has 2 aromatic carbocycles. The average molecular weight is 342 g/mol. The van der Waals surface area contributed by atoms with Crippen molar-refractivity contribution in [3.8, 4) is 11.5 Å². The van der Waals surface area contributed by atoms with E-state index in [0.29, 0.717) is 18.9 Å². The molecular formula is C19H22N2O4. The Kier molecular flexibility index (Phi) is 6.39. The van der Waals surface area contributed by atoms with Gasteiger partial charge in [0, 0.05) is 0 Å². The molecule has 0 heterocycles. The molecule has 0 spiro atoms. The maximum Gasteiger partial charge on any atom is 0.258 e. The number of nitrogens with two attached hydrogens (primary N) is 1. The lowest BCUT2D eigenvalue weighted by molar-refractivity contribution is -0.123. The molecule has 0 aliphatic heterocycles. The standard InChI is InChI=1S/C19H22N2O4/c1-13-4-3-5-15(10-13)24-9-8-21-18(22)12-25-17-11-14(2)6-7-16(17)19(20)23/h3-7,10-11H,8-9,12H2,1-2H3,(H2,20,23)(H,21,22). The summed E-state index contributed by atoms with van der Waals surface area (Å²) in [5.74, 6) is 0.168. The Bertz CT molecular complexity index is 759. The van der Waals surface area contributed by atoms with E-state index in [9.17, 15) is 9.59 Å². The molecule has 6 heteroatoms. The lowest BCUT2D eigenvalue weighted by Crippen LogP contribution is -2.32. The maximum atomic E-state index is 11.8. The van der Waals surface area contributed by atoms with Gasteiger partial charge in [-0.15, -0.1) is 0 Å². The fraction of sp³-hybridized carbons (Fsp3) is 0.263. The number of aryl methyl sites for hydroxylation is 2. The van der Waals surface area contributed by atoms with Gasteiger partial charge >= 0.3 is 0 Å². The zero-order valence-corrected chi connectivity index (χ0v) is 14.4. The van der Waals surface area contributed by atoms with Crippen molar-refractivity contribution in [3.05, 3.63) is 59.2 Å². The van der Waals surface area contributed by atoms with Gasteiger partial charge in [0.05, 0.1) is 12.1 Å². The Morgan fingerprint density at radius 1 is 1.04 bits per heavy atom. The van der Waals surface area contributed by atoms with Gasteiger partial charge in [0.25, 0.3) is 11.8 Å². The second-order valence-corrected chi connectivity index (χ2v) is 5.67. The highest BCUT2D eigenvalue weighted by molar-refractivity contribution is 5.95. The van der Waals surface area contributed by atoms with Gasteiger partial charge in [-0.1, -0.05) is 18.2 Å². The van der Waals surface area contributed by atoms with Crippen LogP contribution in [0.25, 0.3) is 0 Å². The molecule has 132 valence electrons. The van der Waals surface area contributed by atoms with Crippen LogP contribution in [0, 0.1) is 13.8 Å². The Hall–Kier alpha value is -3.02. The molecule has 0 fully saturated rings. The van der Waals surface area contributed by atoms with Crippen molar-refractivity contribution in [2.75, 3.05) is 19.8 Å². The minimum atomic E-state index is -0.595. The number of amides is 2. The van der Waals surface area contributed by atoms with E-state index < -0.39 is 5.91 Å². The molecule has 0 atom stereocenters. The molecular weight excluding hydrogens is 320 g/mol. The van der Waals surface area contributed by atoms with Gasteiger partial charge in [-0.25, -0.2) is 0 Å². The molecule has 0 saturated heterocycles. The first-order valence-electron chi connectivity index (χ1n) is 7.95. The van der Waals surface area contributed by atoms with Crippen LogP contribution in [0.3, 0.4) is 0 Å². The molecule has 0 aromatic heterocycles. The van der Waals surface area contributed by atoms with Crippen LogP contribution in [0.1, 0.15) is 21.5 Å². The number of hydrogen-bond donors (Lipinski definition) is 2. The van der Waals surface area contributed by atoms with Crippen LogP contribution < -0.4 is 20.5 Å². The smallest absolute Gasteiger partial charge is 0.258 e. The van der Waals surface area contributed by atoms with E-state index in [1.165, 1.54) is 0 Å². The summed E-state index contributed by atoms with van der Waals surface area (Å²) in [6.45, 7) is 4.35. The quantitative estimate of drug-likeness (QED) is 0.718. The van der Waals surface area contributed by atoms with Gasteiger partial charge in [0.2, 0.25) is 0 Å². The number of hydrogen-bond acceptors (Lipinski definition) is 4. The number of primary amides is 1. The van der Waals surface area contributed by atoms with Gasteiger partial charge < -0.3 is 20.5 Å². The first kappa shape index (κ1) is 18.3. The topological polar surface area (TPSA) is 90.7 Å². The fourth-order valence-electron chi connectivity index (χ4n) is 2.21. The van der Waals surface area contributed by atoms with Crippen molar-refractivity contribution in [2.45, 2.75) is 13.8 Å². The number of carbonyl (C=O) groups is 2. The third kappa shape index (κ3) is 5.84. The first-order chi connectivity index (χ1) is 12.0. The molecule has 25 heavy (non-hydrogen) atoms. The van der Waals surface area contributed by atoms with Crippen LogP contribution in [0.2, 0.25) is 0 Å². The predicted octanol–water partition coefficient (Wildman–Crippen LogP) is 1.98. The monoisotopic (exact) mass is 342 g/mol. The Labute approximate surface area is 146 Å². The highest BCUT2D eigenvalue weighted by Gasteiger charge is 2.11. The Morgan fingerprint density at radius 2 is 1.80 bits per heavy atom. The molecule has 6 nitrogen and oxygen atoms in total. The SMILES string of the molecule is Cc1cccc(OCCNC(=O)COc2cc(C)ccc2C(N)=O)c1. The van der Waals surface area contributed by atoms with Gasteiger partial charge in [-0.3, -0.25) is 9.59 Å². The van der Waals surface area contributed by atoms with E-state index in [4.69, 9.17) is 15.2 Å². The van der Waals surface area contributed by atoms with Crippen molar-refractivity contribution >= 4 is 11.8 Å². The molecule has 0 unspecified atom stereocenters. The van der Waals surface area contributed by atoms with Gasteiger partial charge in [-0.05, 0) is 49.2 Å². The summed E-state index contributed by atoms with van der Waals surface area (Å²) >= 11 is 0. The average Bonchev–Trinajstić information content (AvgIpc) is 2.57. The molecule has 0 saturated carbocycles. The fourth-order valence-corrected chi connectivity index (χ4v) is 2.21. The molecule has 2 rings (SSSR count). The first-order valence-corrected chi connectivity index (χ1v) is 7.95. The Balaban J connectivity index is 1.76. The van der Waals surface area contributed by atoms with Gasteiger partial charge in [-0.2, -0.15) is 0 Å². The summed E-state index contributed by atoms with van der Waals surface area (Å²) in [4.78, 5) is 23.2. The number of nitrogens with one attached hydrogen (secondary N) is 1. The number of ether oxygens (including phenoxy) is 2. The second kappa shape index (κ2) is 8.73. The number of rotatable bonds is 8. The molecule has 0 aliphatic rings. The van der Waals surface area contributed by atoms with E-state index >= 15 is 0 Å². The third-order valence-corrected chi connectivity index (χ3v) is 3.44. The van der Waals surface area contributed by atoms with Crippen molar-refractivity contribution in [1.29, 1.82) is 0 Å². The van der Waals surface area contributed by atoms with Crippen molar-refractivity contribution < 1.29 is 19.1 Å². The second-order valence-electron chi connectivity index (χ2n) is 5.67. The predicted molar refractivity (Wildman–Crippen MR) is 94.9 cm³/mol. The summed E-state index contributed by atoms with van der Waals surface area (Å²) in [7, 11) is 0. The molecule has 2 amide bonds.